The summed E-state index contributed by atoms with van der Waals surface area (Å²) in [4.78, 5) is 8.40. The maximum absolute atomic E-state index is 5.89. The Hall–Kier alpha value is -1.98. The molecule has 5 heteroatoms. The van der Waals surface area contributed by atoms with Crippen molar-refractivity contribution in [2.45, 2.75) is 37.6 Å². The largest absolute Gasteiger partial charge is 0.490 e. The number of aryl methyl sites for hydroxylation is 1. The van der Waals surface area contributed by atoms with Gasteiger partial charge >= 0.3 is 0 Å². The van der Waals surface area contributed by atoms with Crippen LogP contribution in [0.25, 0.3) is 0 Å². The van der Waals surface area contributed by atoms with Crippen molar-refractivity contribution in [1.29, 1.82) is 0 Å². The predicted octanol–water partition coefficient (Wildman–Crippen LogP) is 2.97. The van der Waals surface area contributed by atoms with Crippen molar-refractivity contribution in [2.75, 3.05) is 26.4 Å². The lowest BCUT2D eigenvalue weighted by Crippen LogP contribution is -2.46. The van der Waals surface area contributed by atoms with E-state index in [4.69, 9.17) is 9.47 Å². The SMILES string of the molecule is c1cc(CCCOC[C@@H]2C[C@@H]2c2cncc(OC[C@@H]3CCN3)c2)ccn1. The Morgan fingerprint density at radius 2 is 2.00 bits per heavy atom. The van der Waals surface area contributed by atoms with Crippen LogP contribution in [-0.4, -0.2) is 42.4 Å². The molecular formula is C21H27N3O2. The van der Waals surface area contributed by atoms with Gasteiger partial charge in [0, 0.05) is 37.8 Å². The summed E-state index contributed by atoms with van der Waals surface area (Å²) >= 11 is 0. The molecule has 26 heavy (non-hydrogen) atoms. The summed E-state index contributed by atoms with van der Waals surface area (Å²) in [7, 11) is 0. The third kappa shape index (κ3) is 4.80. The van der Waals surface area contributed by atoms with E-state index in [2.05, 4.69) is 33.5 Å². The van der Waals surface area contributed by atoms with Crippen LogP contribution >= 0.6 is 0 Å². The Morgan fingerprint density at radius 1 is 1.12 bits per heavy atom. The van der Waals surface area contributed by atoms with Gasteiger partial charge in [0.25, 0.3) is 0 Å². The molecule has 0 bridgehead atoms. The highest BCUT2D eigenvalue weighted by Crippen LogP contribution is 2.47. The van der Waals surface area contributed by atoms with E-state index in [1.807, 2.05) is 24.8 Å². The second-order valence-corrected chi connectivity index (χ2v) is 7.34. The third-order valence-corrected chi connectivity index (χ3v) is 5.30. The molecule has 0 amide bonds. The van der Waals surface area contributed by atoms with Gasteiger partial charge in [0.05, 0.1) is 6.20 Å². The minimum absolute atomic E-state index is 0.507. The molecule has 2 aromatic heterocycles. The summed E-state index contributed by atoms with van der Waals surface area (Å²) in [6.45, 7) is 3.51. The van der Waals surface area contributed by atoms with Crippen molar-refractivity contribution in [3.05, 3.63) is 54.1 Å². The first kappa shape index (κ1) is 17.4. The molecule has 3 atom stereocenters. The first-order valence-electron chi connectivity index (χ1n) is 9.66. The lowest BCUT2D eigenvalue weighted by molar-refractivity contribution is 0.121. The average molecular weight is 353 g/mol. The molecule has 1 saturated heterocycles. The number of hydrogen-bond acceptors (Lipinski definition) is 5. The van der Waals surface area contributed by atoms with Crippen LogP contribution in [0, 0.1) is 5.92 Å². The van der Waals surface area contributed by atoms with E-state index in [9.17, 15) is 0 Å². The fourth-order valence-corrected chi connectivity index (χ4v) is 3.41. The first-order valence-corrected chi connectivity index (χ1v) is 9.66. The second-order valence-electron chi connectivity index (χ2n) is 7.34. The molecule has 0 unspecified atom stereocenters. The fraction of sp³-hybridized carbons (Fsp3) is 0.524. The quantitative estimate of drug-likeness (QED) is 0.666. The molecule has 1 aliphatic heterocycles. The smallest absolute Gasteiger partial charge is 0.137 e. The van der Waals surface area contributed by atoms with Gasteiger partial charge < -0.3 is 14.8 Å². The van der Waals surface area contributed by atoms with Crippen LogP contribution in [0.5, 0.6) is 5.75 Å². The molecule has 4 rings (SSSR count). The zero-order valence-corrected chi connectivity index (χ0v) is 15.1. The summed E-state index contributed by atoms with van der Waals surface area (Å²) in [5, 5.41) is 3.35. The molecule has 0 spiro atoms. The van der Waals surface area contributed by atoms with Gasteiger partial charge in [0.2, 0.25) is 0 Å². The van der Waals surface area contributed by atoms with E-state index >= 15 is 0 Å². The molecule has 1 aliphatic carbocycles. The minimum atomic E-state index is 0.507. The van der Waals surface area contributed by atoms with Gasteiger partial charge in [-0.05, 0) is 73.4 Å². The Labute approximate surface area is 155 Å². The monoisotopic (exact) mass is 353 g/mol. The minimum Gasteiger partial charge on any atom is -0.490 e. The molecule has 138 valence electrons. The van der Waals surface area contributed by atoms with Gasteiger partial charge in [-0.3, -0.25) is 9.97 Å². The molecule has 3 heterocycles. The zero-order chi connectivity index (χ0) is 17.6. The molecule has 2 aromatic rings. The van der Waals surface area contributed by atoms with Crippen LogP contribution in [0.3, 0.4) is 0 Å². The summed E-state index contributed by atoms with van der Waals surface area (Å²) in [5.74, 6) is 2.09. The van der Waals surface area contributed by atoms with E-state index in [0.29, 0.717) is 17.9 Å². The third-order valence-electron chi connectivity index (χ3n) is 5.30. The Balaban J connectivity index is 1.14. The normalized spacial score (nSPS) is 24.1. The molecule has 0 aromatic carbocycles. The number of nitrogens with zero attached hydrogens (tertiary/aromatic N) is 2. The van der Waals surface area contributed by atoms with Gasteiger partial charge in [-0.1, -0.05) is 0 Å². The van der Waals surface area contributed by atoms with Crippen molar-refractivity contribution in [2.24, 2.45) is 5.92 Å². The van der Waals surface area contributed by atoms with Gasteiger partial charge in [0.15, 0.2) is 0 Å². The molecule has 1 saturated carbocycles. The van der Waals surface area contributed by atoms with Crippen LogP contribution < -0.4 is 10.1 Å². The van der Waals surface area contributed by atoms with Crippen LogP contribution in [0.2, 0.25) is 0 Å². The van der Waals surface area contributed by atoms with Crippen molar-refractivity contribution in [1.82, 2.24) is 15.3 Å². The molecule has 2 aliphatic rings. The zero-order valence-electron chi connectivity index (χ0n) is 15.1. The lowest BCUT2D eigenvalue weighted by atomic mass is 10.1. The highest BCUT2D eigenvalue weighted by Gasteiger charge is 2.38. The summed E-state index contributed by atoms with van der Waals surface area (Å²) in [5.41, 5.74) is 2.61. The Morgan fingerprint density at radius 3 is 2.81 bits per heavy atom. The van der Waals surface area contributed by atoms with Crippen LogP contribution in [0.1, 0.15) is 36.3 Å². The Bertz CT molecular complexity index is 691. The van der Waals surface area contributed by atoms with Gasteiger partial charge in [-0.15, -0.1) is 0 Å². The molecule has 5 nitrogen and oxygen atoms in total. The molecule has 1 N–H and O–H groups in total. The average Bonchev–Trinajstić information content (AvgIpc) is 3.41. The van der Waals surface area contributed by atoms with Crippen molar-refractivity contribution >= 4 is 0 Å². The highest BCUT2D eigenvalue weighted by molar-refractivity contribution is 5.30. The number of aromatic nitrogens is 2. The van der Waals surface area contributed by atoms with Gasteiger partial charge in [-0.2, -0.15) is 0 Å². The van der Waals surface area contributed by atoms with E-state index in [0.717, 1.165) is 45.0 Å². The standard InChI is InChI=1S/C21H27N3O2/c1(2-16-3-6-22-7-4-16)9-25-14-18-11-21(18)17-10-20(13-23-12-17)26-15-19-5-8-24-19/h3-4,6-7,10,12-13,18-19,21,24H,1-2,5,8-9,11,14-15H2/t18-,19-,21+/m0/s1. The lowest BCUT2D eigenvalue weighted by Gasteiger charge is -2.27. The number of hydrogen-bond donors (Lipinski definition) is 1. The highest BCUT2D eigenvalue weighted by atomic mass is 16.5. The molecule has 2 fully saturated rings. The summed E-state index contributed by atoms with van der Waals surface area (Å²) < 4.78 is 11.7. The molecule has 0 radical (unpaired) electrons. The number of nitrogens with one attached hydrogen (secondary N) is 1. The summed E-state index contributed by atoms with van der Waals surface area (Å²) in [6, 6.07) is 6.80. The molecular weight excluding hydrogens is 326 g/mol. The first-order chi connectivity index (χ1) is 12.9. The fourth-order valence-electron chi connectivity index (χ4n) is 3.41. The van der Waals surface area contributed by atoms with Gasteiger partial charge in [0.1, 0.15) is 12.4 Å². The van der Waals surface area contributed by atoms with Crippen molar-refractivity contribution in [3.63, 3.8) is 0 Å². The second kappa shape index (κ2) is 8.60. The van der Waals surface area contributed by atoms with Gasteiger partial charge in [-0.25, -0.2) is 0 Å². The van der Waals surface area contributed by atoms with E-state index in [-0.39, 0.29) is 0 Å². The van der Waals surface area contributed by atoms with Crippen molar-refractivity contribution < 1.29 is 9.47 Å². The van der Waals surface area contributed by atoms with E-state index in [1.54, 1.807) is 0 Å². The van der Waals surface area contributed by atoms with Crippen LogP contribution in [0.4, 0.5) is 0 Å². The predicted molar refractivity (Wildman–Crippen MR) is 100 cm³/mol. The van der Waals surface area contributed by atoms with E-state index < -0.39 is 0 Å². The summed E-state index contributed by atoms with van der Waals surface area (Å²) in [6.07, 6.45) is 12.0. The Kier molecular flexibility index (Phi) is 5.77. The van der Waals surface area contributed by atoms with Crippen LogP contribution in [0.15, 0.2) is 43.0 Å². The number of ether oxygens (including phenoxy) is 2. The maximum Gasteiger partial charge on any atom is 0.137 e. The maximum atomic E-state index is 5.89. The van der Waals surface area contributed by atoms with E-state index in [1.165, 1.54) is 24.0 Å². The topological polar surface area (TPSA) is 56.3 Å². The number of pyridine rings is 2. The van der Waals surface area contributed by atoms with Crippen molar-refractivity contribution in [3.8, 4) is 5.75 Å². The number of rotatable bonds is 10. The van der Waals surface area contributed by atoms with Crippen LogP contribution in [-0.2, 0) is 11.2 Å².